The minimum Gasteiger partial charge on any atom is -0.390 e. The van der Waals surface area contributed by atoms with Crippen LogP contribution in [-0.2, 0) is 6.54 Å². The van der Waals surface area contributed by atoms with Crippen molar-refractivity contribution in [2.75, 3.05) is 25.0 Å². The number of likely N-dealkylation sites (tertiary alicyclic amines) is 1. The van der Waals surface area contributed by atoms with Crippen molar-refractivity contribution >= 4 is 16.5 Å². The maximum absolute atomic E-state index is 10.7. The quantitative estimate of drug-likeness (QED) is 0.875. The summed E-state index contributed by atoms with van der Waals surface area (Å²) in [5.74, 6) is 0.443. The summed E-state index contributed by atoms with van der Waals surface area (Å²) < 4.78 is 4.09. The van der Waals surface area contributed by atoms with E-state index in [1.54, 1.807) is 0 Å². The van der Waals surface area contributed by atoms with Crippen molar-refractivity contribution < 1.29 is 5.11 Å². The fourth-order valence-electron chi connectivity index (χ4n) is 3.68. The van der Waals surface area contributed by atoms with E-state index in [1.165, 1.54) is 30.8 Å². The van der Waals surface area contributed by atoms with E-state index < -0.39 is 5.60 Å². The average Bonchev–Trinajstić information content (AvgIpc) is 2.92. The Labute approximate surface area is 130 Å². The Balaban J connectivity index is 1.60. The van der Waals surface area contributed by atoms with Gasteiger partial charge in [-0.1, -0.05) is 24.3 Å². The van der Waals surface area contributed by atoms with E-state index in [9.17, 15) is 5.11 Å². The Morgan fingerprint density at radius 1 is 1.43 bits per heavy atom. The van der Waals surface area contributed by atoms with Crippen molar-refractivity contribution in [1.82, 2.24) is 14.5 Å². The summed E-state index contributed by atoms with van der Waals surface area (Å²) >= 11 is 1.45. The first kappa shape index (κ1) is 15.2. The molecule has 0 aromatic carbocycles. The lowest BCUT2D eigenvalue weighted by Gasteiger charge is -2.47. The standard InChI is InChI=1S/C15H26N4OS/c1-2-8-16-14-13(17-18-21-14)11-19-9-7-15(20)6-4-3-5-12(15)10-19/h12,16,20H,2-11H2,1H3. The fourth-order valence-corrected chi connectivity index (χ4v) is 4.28. The molecule has 1 aromatic heterocycles. The summed E-state index contributed by atoms with van der Waals surface area (Å²) in [6.07, 6.45) is 6.63. The van der Waals surface area contributed by atoms with Gasteiger partial charge < -0.3 is 10.4 Å². The molecular formula is C15H26N4OS. The van der Waals surface area contributed by atoms with E-state index in [2.05, 4.69) is 26.7 Å². The van der Waals surface area contributed by atoms with E-state index in [4.69, 9.17) is 0 Å². The Kier molecular flexibility index (Phi) is 4.76. The molecule has 0 spiro atoms. The Morgan fingerprint density at radius 2 is 2.33 bits per heavy atom. The number of hydrogen-bond acceptors (Lipinski definition) is 6. The van der Waals surface area contributed by atoms with Crippen LogP contribution in [0.25, 0.3) is 0 Å². The van der Waals surface area contributed by atoms with Gasteiger partial charge in [-0.25, -0.2) is 0 Å². The highest BCUT2D eigenvalue weighted by atomic mass is 32.1. The third-order valence-corrected chi connectivity index (χ3v) is 5.70. The zero-order valence-electron chi connectivity index (χ0n) is 12.8. The monoisotopic (exact) mass is 310 g/mol. The number of hydrogen-bond donors (Lipinski definition) is 2. The smallest absolute Gasteiger partial charge is 0.134 e. The van der Waals surface area contributed by atoms with E-state index in [1.807, 2.05) is 0 Å². The van der Waals surface area contributed by atoms with Gasteiger partial charge in [0.2, 0.25) is 0 Å². The molecule has 1 aliphatic carbocycles. The molecule has 0 radical (unpaired) electrons. The summed E-state index contributed by atoms with van der Waals surface area (Å²) in [4.78, 5) is 2.44. The molecule has 2 fully saturated rings. The van der Waals surface area contributed by atoms with Gasteiger partial charge >= 0.3 is 0 Å². The van der Waals surface area contributed by atoms with E-state index >= 15 is 0 Å². The van der Waals surface area contributed by atoms with Gasteiger partial charge in [-0.3, -0.25) is 4.90 Å². The highest BCUT2D eigenvalue weighted by Gasteiger charge is 2.42. The van der Waals surface area contributed by atoms with Crippen molar-refractivity contribution in [2.45, 2.75) is 57.6 Å². The van der Waals surface area contributed by atoms with Crippen LogP contribution in [0.4, 0.5) is 5.00 Å². The number of nitrogens with one attached hydrogen (secondary N) is 1. The predicted molar refractivity (Wildman–Crippen MR) is 85.5 cm³/mol. The van der Waals surface area contributed by atoms with Crippen molar-refractivity contribution in [2.24, 2.45) is 5.92 Å². The fraction of sp³-hybridized carbons (Fsp3) is 0.867. The molecule has 1 aliphatic heterocycles. The normalized spacial score (nSPS) is 30.1. The van der Waals surface area contributed by atoms with E-state index in [-0.39, 0.29) is 0 Å². The summed E-state index contributed by atoms with van der Waals surface area (Å²) in [6.45, 7) is 5.96. The third kappa shape index (κ3) is 3.38. The van der Waals surface area contributed by atoms with Crippen molar-refractivity contribution in [3.63, 3.8) is 0 Å². The maximum Gasteiger partial charge on any atom is 0.134 e. The molecule has 1 aromatic rings. The molecule has 3 rings (SSSR count). The van der Waals surface area contributed by atoms with Crippen LogP contribution in [0.3, 0.4) is 0 Å². The number of nitrogens with zero attached hydrogens (tertiary/aromatic N) is 3. The third-order valence-electron chi connectivity index (χ3n) is 4.98. The lowest BCUT2D eigenvalue weighted by Crippen LogP contribution is -2.53. The lowest BCUT2D eigenvalue weighted by molar-refractivity contribution is -0.0969. The molecule has 1 saturated carbocycles. The van der Waals surface area contributed by atoms with Gasteiger partial charge in [0.05, 0.1) is 5.60 Å². The van der Waals surface area contributed by atoms with Crippen LogP contribution in [0.2, 0.25) is 0 Å². The second-order valence-electron chi connectivity index (χ2n) is 6.51. The summed E-state index contributed by atoms with van der Waals surface area (Å²) in [6, 6.07) is 0. The molecule has 2 N–H and O–H groups in total. The number of piperidine rings is 1. The second-order valence-corrected chi connectivity index (χ2v) is 7.26. The molecule has 6 heteroatoms. The summed E-state index contributed by atoms with van der Waals surface area (Å²) in [5.41, 5.74) is 0.674. The number of anilines is 1. The van der Waals surface area contributed by atoms with Gasteiger partial charge in [0.1, 0.15) is 10.7 Å². The van der Waals surface area contributed by atoms with Gasteiger partial charge in [0.15, 0.2) is 0 Å². The molecular weight excluding hydrogens is 284 g/mol. The first-order valence-corrected chi connectivity index (χ1v) is 8.98. The minimum atomic E-state index is -0.391. The molecule has 2 unspecified atom stereocenters. The van der Waals surface area contributed by atoms with Crippen LogP contribution in [0.15, 0.2) is 0 Å². The van der Waals surface area contributed by atoms with Gasteiger partial charge in [-0.2, -0.15) is 0 Å². The van der Waals surface area contributed by atoms with Crippen molar-refractivity contribution in [1.29, 1.82) is 0 Å². The molecule has 2 heterocycles. The van der Waals surface area contributed by atoms with Crippen molar-refractivity contribution in [3.05, 3.63) is 5.69 Å². The molecule has 2 atom stereocenters. The van der Waals surface area contributed by atoms with Gasteiger partial charge in [0.25, 0.3) is 0 Å². The molecule has 5 nitrogen and oxygen atoms in total. The van der Waals surface area contributed by atoms with Crippen LogP contribution in [-0.4, -0.2) is 44.8 Å². The van der Waals surface area contributed by atoms with Gasteiger partial charge in [-0.05, 0) is 25.7 Å². The van der Waals surface area contributed by atoms with Gasteiger partial charge in [-0.15, -0.1) is 5.10 Å². The highest BCUT2D eigenvalue weighted by Crippen LogP contribution is 2.40. The van der Waals surface area contributed by atoms with E-state index in [0.717, 1.165) is 56.1 Å². The molecule has 2 aliphatic rings. The number of aliphatic hydroxyl groups is 1. The molecule has 1 saturated heterocycles. The second kappa shape index (κ2) is 6.58. The van der Waals surface area contributed by atoms with Crippen LogP contribution in [0.1, 0.15) is 51.1 Å². The van der Waals surface area contributed by atoms with Crippen LogP contribution in [0.5, 0.6) is 0 Å². The maximum atomic E-state index is 10.7. The Hall–Kier alpha value is -0.720. The summed E-state index contributed by atoms with van der Waals surface area (Å²) in [7, 11) is 0. The molecule has 0 bridgehead atoms. The Bertz CT molecular complexity index is 466. The SMILES string of the molecule is CCCNc1snnc1CN1CCC2(O)CCCCC2C1. The average molecular weight is 310 g/mol. The number of rotatable bonds is 5. The topological polar surface area (TPSA) is 61.3 Å². The lowest BCUT2D eigenvalue weighted by atomic mass is 9.71. The predicted octanol–water partition coefficient (Wildman–Crippen LogP) is 2.49. The van der Waals surface area contributed by atoms with Crippen LogP contribution < -0.4 is 5.32 Å². The Morgan fingerprint density at radius 3 is 3.19 bits per heavy atom. The first-order chi connectivity index (χ1) is 10.2. The van der Waals surface area contributed by atoms with Crippen molar-refractivity contribution in [3.8, 4) is 0 Å². The zero-order valence-corrected chi connectivity index (χ0v) is 13.7. The molecule has 21 heavy (non-hydrogen) atoms. The van der Waals surface area contributed by atoms with E-state index in [0.29, 0.717) is 5.92 Å². The largest absolute Gasteiger partial charge is 0.390 e. The van der Waals surface area contributed by atoms with Crippen LogP contribution in [0, 0.1) is 5.92 Å². The highest BCUT2D eigenvalue weighted by molar-refractivity contribution is 7.10. The van der Waals surface area contributed by atoms with Gasteiger partial charge in [0, 0.05) is 43.6 Å². The van der Waals surface area contributed by atoms with Crippen LogP contribution >= 0.6 is 11.5 Å². The number of aromatic nitrogens is 2. The first-order valence-electron chi connectivity index (χ1n) is 8.21. The molecule has 118 valence electrons. The molecule has 0 amide bonds. The summed E-state index contributed by atoms with van der Waals surface area (Å²) in [5, 5.41) is 19.6. The zero-order chi connectivity index (χ0) is 14.7. The minimum absolute atomic E-state index is 0.391. The number of fused-ring (bicyclic) bond motifs is 1.